The Balaban J connectivity index is 1.81. The van der Waals surface area contributed by atoms with Gasteiger partial charge in [-0.1, -0.05) is 30.3 Å². The fourth-order valence-corrected chi connectivity index (χ4v) is 2.58. The normalized spacial score (nSPS) is 11.4. The first-order chi connectivity index (χ1) is 13.0. The summed E-state index contributed by atoms with van der Waals surface area (Å²) < 4.78 is 10.7. The molecule has 0 aliphatic heterocycles. The summed E-state index contributed by atoms with van der Waals surface area (Å²) in [6, 6.07) is 16.8. The number of rotatable bonds is 9. The van der Waals surface area contributed by atoms with Crippen molar-refractivity contribution in [3.63, 3.8) is 0 Å². The summed E-state index contributed by atoms with van der Waals surface area (Å²) in [5.74, 6) is 1.06. The summed E-state index contributed by atoms with van der Waals surface area (Å²) in [6.07, 6.45) is 0. The van der Waals surface area contributed by atoms with Crippen LogP contribution in [0.5, 0.6) is 11.5 Å². The van der Waals surface area contributed by atoms with Crippen molar-refractivity contribution in [2.75, 3.05) is 26.8 Å². The Morgan fingerprint density at radius 2 is 1.67 bits per heavy atom. The van der Waals surface area contributed by atoms with E-state index in [1.807, 2.05) is 37.3 Å². The number of nitrogens with one attached hydrogen (secondary N) is 1. The highest BCUT2D eigenvalue weighted by Crippen LogP contribution is 2.17. The molecule has 6 nitrogen and oxygen atoms in total. The van der Waals surface area contributed by atoms with Crippen LogP contribution < -0.4 is 14.8 Å². The smallest absolute Gasteiger partial charge is 0.240 e. The van der Waals surface area contributed by atoms with Crippen molar-refractivity contribution in [3.05, 3.63) is 60.2 Å². The van der Waals surface area contributed by atoms with Crippen LogP contribution in [-0.2, 0) is 9.59 Å². The standard InChI is InChI=1S/C21H26N2O4/c1-16(18-7-5-4-6-8-18)22-21(25)15-23(17(2)24)13-14-27-20-11-9-19(26-3)10-12-20/h4-12,16H,13-15H2,1-3H3,(H,22,25). The minimum Gasteiger partial charge on any atom is -0.497 e. The second-order valence-electron chi connectivity index (χ2n) is 6.16. The molecule has 1 unspecified atom stereocenters. The molecule has 0 saturated heterocycles. The third-order valence-electron chi connectivity index (χ3n) is 4.15. The summed E-state index contributed by atoms with van der Waals surface area (Å²) in [6.45, 7) is 3.99. The molecule has 0 aromatic heterocycles. The maximum atomic E-state index is 12.3. The number of nitrogens with zero attached hydrogens (tertiary/aromatic N) is 1. The topological polar surface area (TPSA) is 67.9 Å². The average Bonchev–Trinajstić information content (AvgIpc) is 2.68. The number of hydrogen-bond donors (Lipinski definition) is 1. The molecule has 2 amide bonds. The second-order valence-corrected chi connectivity index (χ2v) is 6.16. The van der Waals surface area contributed by atoms with Crippen molar-refractivity contribution >= 4 is 11.8 Å². The highest BCUT2D eigenvalue weighted by atomic mass is 16.5. The van der Waals surface area contributed by atoms with Gasteiger partial charge in [-0.05, 0) is 36.8 Å². The molecular formula is C21H26N2O4. The van der Waals surface area contributed by atoms with Gasteiger partial charge < -0.3 is 19.7 Å². The van der Waals surface area contributed by atoms with Crippen LogP contribution >= 0.6 is 0 Å². The molecule has 1 N–H and O–H groups in total. The zero-order valence-electron chi connectivity index (χ0n) is 16.0. The highest BCUT2D eigenvalue weighted by molar-refractivity contribution is 5.84. The van der Waals surface area contributed by atoms with Gasteiger partial charge in [0.05, 0.1) is 26.2 Å². The third kappa shape index (κ3) is 6.66. The van der Waals surface area contributed by atoms with Crippen LogP contribution in [0.4, 0.5) is 0 Å². The van der Waals surface area contributed by atoms with Crippen molar-refractivity contribution in [1.29, 1.82) is 0 Å². The Morgan fingerprint density at radius 3 is 2.26 bits per heavy atom. The molecule has 0 bridgehead atoms. The van der Waals surface area contributed by atoms with E-state index in [0.717, 1.165) is 11.3 Å². The van der Waals surface area contributed by atoms with Crippen molar-refractivity contribution in [1.82, 2.24) is 10.2 Å². The molecular weight excluding hydrogens is 344 g/mol. The summed E-state index contributed by atoms with van der Waals surface area (Å²) in [5, 5.41) is 2.91. The summed E-state index contributed by atoms with van der Waals surface area (Å²) >= 11 is 0. The Bertz CT molecular complexity index is 732. The van der Waals surface area contributed by atoms with Gasteiger partial charge in [0.15, 0.2) is 0 Å². The number of ether oxygens (including phenoxy) is 2. The number of carbonyl (C=O) groups is 2. The molecule has 2 rings (SSSR count). The zero-order valence-corrected chi connectivity index (χ0v) is 16.0. The van der Waals surface area contributed by atoms with Gasteiger partial charge in [0.1, 0.15) is 18.1 Å². The monoisotopic (exact) mass is 370 g/mol. The Labute approximate surface area is 160 Å². The van der Waals surface area contributed by atoms with E-state index in [1.165, 1.54) is 11.8 Å². The molecule has 0 saturated carbocycles. The van der Waals surface area contributed by atoms with Crippen LogP contribution in [0.25, 0.3) is 0 Å². The predicted molar refractivity (Wildman–Crippen MR) is 104 cm³/mol. The molecule has 0 heterocycles. The lowest BCUT2D eigenvalue weighted by Crippen LogP contribution is -2.42. The fourth-order valence-electron chi connectivity index (χ4n) is 2.58. The number of carbonyl (C=O) groups excluding carboxylic acids is 2. The highest BCUT2D eigenvalue weighted by Gasteiger charge is 2.16. The summed E-state index contributed by atoms with van der Waals surface area (Å²) in [4.78, 5) is 25.6. The quantitative estimate of drug-likeness (QED) is 0.737. The van der Waals surface area contributed by atoms with E-state index in [1.54, 1.807) is 31.4 Å². The SMILES string of the molecule is COc1ccc(OCCN(CC(=O)NC(C)c2ccccc2)C(C)=O)cc1. The molecule has 27 heavy (non-hydrogen) atoms. The van der Waals surface area contributed by atoms with Crippen molar-refractivity contribution in [2.45, 2.75) is 19.9 Å². The van der Waals surface area contributed by atoms with Gasteiger partial charge in [0.2, 0.25) is 11.8 Å². The van der Waals surface area contributed by atoms with E-state index in [0.29, 0.717) is 18.9 Å². The maximum absolute atomic E-state index is 12.3. The maximum Gasteiger partial charge on any atom is 0.240 e. The lowest BCUT2D eigenvalue weighted by Gasteiger charge is -2.22. The minimum atomic E-state index is -0.203. The van der Waals surface area contributed by atoms with Gasteiger partial charge in [0, 0.05) is 6.92 Å². The Morgan fingerprint density at radius 1 is 1.04 bits per heavy atom. The molecule has 0 radical (unpaired) electrons. The van der Waals surface area contributed by atoms with E-state index in [-0.39, 0.29) is 24.4 Å². The summed E-state index contributed by atoms with van der Waals surface area (Å²) in [5.41, 5.74) is 1.02. The van der Waals surface area contributed by atoms with Gasteiger partial charge in [-0.2, -0.15) is 0 Å². The largest absolute Gasteiger partial charge is 0.497 e. The van der Waals surface area contributed by atoms with Crippen LogP contribution in [0.1, 0.15) is 25.5 Å². The lowest BCUT2D eigenvalue weighted by molar-refractivity contribution is -0.134. The number of amides is 2. The van der Waals surface area contributed by atoms with Crippen molar-refractivity contribution < 1.29 is 19.1 Å². The number of methoxy groups -OCH3 is 1. The molecule has 0 aliphatic carbocycles. The van der Waals surface area contributed by atoms with Crippen LogP contribution in [0.15, 0.2) is 54.6 Å². The molecule has 144 valence electrons. The summed E-state index contributed by atoms with van der Waals surface area (Å²) in [7, 11) is 1.60. The van der Waals surface area contributed by atoms with Crippen LogP contribution in [0, 0.1) is 0 Å². The first-order valence-corrected chi connectivity index (χ1v) is 8.86. The molecule has 2 aromatic carbocycles. The third-order valence-corrected chi connectivity index (χ3v) is 4.15. The van der Waals surface area contributed by atoms with Crippen LogP contribution in [0.2, 0.25) is 0 Å². The van der Waals surface area contributed by atoms with Gasteiger partial charge in [-0.15, -0.1) is 0 Å². The average molecular weight is 370 g/mol. The zero-order chi connectivity index (χ0) is 19.6. The van der Waals surface area contributed by atoms with Gasteiger partial charge in [-0.25, -0.2) is 0 Å². The molecule has 0 spiro atoms. The molecule has 1 atom stereocenters. The second kappa shape index (κ2) is 10.2. The fraction of sp³-hybridized carbons (Fsp3) is 0.333. The first-order valence-electron chi connectivity index (χ1n) is 8.86. The molecule has 2 aromatic rings. The van der Waals surface area contributed by atoms with Crippen LogP contribution in [0.3, 0.4) is 0 Å². The number of benzene rings is 2. The van der Waals surface area contributed by atoms with Crippen molar-refractivity contribution in [3.8, 4) is 11.5 Å². The molecule has 0 aliphatic rings. The first kappa shape index (κ1) is 20.3. The molecule has 0 fully saturated rings. The van der Waals surface area contributed by atoms with E-state index >= 15 is 0 Å². The van der Waals surface area contributed by atoms with E-state index < -0.39 is 0 Å². The van der Waals surface area contributed by atoms with E-state index in [4.69, 9.17) is 9.47 Å². The van der Waals surface area contributed by atoms with Crippen LogP contribution in [-0.4, -0.2) is 43.5 Å². The van der Waals surface area contributed by atoms with Gasteiger partial charge >= 0.3 is 0 Å². The Kier molecular flexibility index (Phi) is 7.67. The predicted octanol–water partition coefficient (Wildman–Crippen LogP) is 2.80. The van der Waals surface area contributed by atoms with Gasteiger partial charge in [0.25, 0.3) is 0 Å². The Hall–Kier alpha value is -3.02. The van der Waals surface area contributed by atoms with Crippen molar-refractivity contribution in [2.24, 2.45) is 0 Å². The lowest BCUT2D eigenvalue weighted by atomic mass is 10.1. The van der Waals surface area contributed by atoms with E-state index in [2.05, 4.69) is 5.32 Å². The minimum absolute atomic E-state index is 0.00151. The van der Waals surface area contributed by atoms with E-state index in [9.17, 15) is 9.59 Å². The number of hydrogen-bond acceptors (Lipinski definition) is 4. The van der Waals surface area contributed by atoms with Gasteiger partial charge in [-0.3, -0.25) is 9.59 Å². The molecule has 6 heteroatoms.